The Morgan fingerprint density at radius 2 is 2.05 bits per heavy atom. The molecule has 0 atom stereocenters. The molecule has 4 heteroatoms. The van der Waals surface area contributed by atoms with Crippen LogP contribution in [0.15, 0.2) is 10.7 Å². The van der Waals surface area contributed by atoms with E-state index in [0.29, 0.717) is 17.9 Å². The molecule has 1 N–H and O–H groups in total. The van der Waals surface area contributed by atoms with Gasteiger partial charge in [-0.05, 0) is 31.2 Å². The van der Waals surface area contributed by atoms with Gasteiger partial charge in [-0.25, -0.2) is 0 Å². The van der Waals surface area contributed by atoms with Gasteiger partial charge in [-0.3, -0.25) is 0 Å². The van der Waals surface area contributed by atoms with Crippen LogP contribution in [0.25, 0.3) is 0 Å². The fourth-order valence-corrected chi connectivity index (χ4v) is 2.16. The van der Waals surface area contributed by atoms with Crippen LogP contribution >= 0.6 is 0 Å². The fraction of sp³-hybridized carbons (Fsp3) is 0.800. The van der Waals surface area contributed by atoms with E-state index < -0.39 is 0 Å². The lowest BCUT2D eigenvalue weighted by Crippen LogP contribution is -2.30. The molecular formula is C15H27N3O. The highest BCUT2D eigenvalue weighted by Gasteiger charge is 2.32. The van der Waals surface area contributed by atoms with E-state index in [2.05, 4.69) is 42.9 Å². The first-order valence-electron chi connectivity index (χ1n) is 7.48. The van der Waals surface area contributed by atoms with Crippen LogP contribution in [0.5, 0.6) is 0 Å². The highest BCUT2D eigenvalue weighted by atomic mass is 16.4. The van der Waals surface area contributed by atoms with Crippen LogP contribution < -0.4 is 10.2 Å². The zero-order valence-electron chi connectivity index (χ0n) is 12.6. The van der Waals surface area contributed by atoms with Crippen molar-refractivity contribution in [2.24, 2.45) is 11.8 Å². The lowest BCUT2D eigenvalue weighted by Gasteiger charge is -2.22. The molecular weight excluding hydrogens is 238 g/mol. The van der Waals surface area contributed by atoms with Gasteiger partial charge in [0.2, 0.25) is 0 Å². The lowest BCUT2D eigenvalue weighted by atomic mass is 10.2. The molecule has 2 rings (SSSR count). The van der Waals surface area contributed by atoms with Crippen molar-refractivity contribution in [2.75, 3.05) is 18.0 Å². The molecule has 0 unspecified atom stereocenters. The number of hydrogen-bond donors (Lipinski definition) is 1. The molecule has 4 nitrogen and oxygen atoms in total. The molecule has 0 amide bonds. The quantitative estimate of drug-likeness (QED) is 0.784. The SMILES string of the molecule is CC(C)CNCc1coc(N(CC(C)C)C2CC2)n1. The van der Waals surface area contributed by atoms with Gasteiger partial charge < -0.3 is 14.6 Å². The van der Waals surface area contributed by atoms with Crippen LogP contribution in [0.4, 0.5) is 6.01 Å². The first-order valence-corrected chi connectivity index (χ1v) is 7.48. The van der Waals surface area contributed by atoms with Crippen molar-refractivity contribution in [1.82, 2.24) is 10.3 Å². The topological polar surface area (TPSA) is 41.3 Å². The Labute approximate surface area is 116 Å². The molecule has 0 aromatic carbocycles. The molecule has 0 radical (unpaired) electrons. The number of anilines is 1. The minimum absolute atomic E-state index is 0.634. The van der Waals surface area contributed by atoms with Crippen molar-refractivity contribution < 1.29 is 4.42 Å². The fourth-order valence-electron chi connectivity index (χ4n) is 2.16. The predicted molar refractivity (Wildman–Crippen MR) is 78.3 cm³/mol. The van der Waals surface area contributed by atoms with Crippen molar-refractivity contribution >= 4 is 6.01 Å². The normalized spacial score (nSPS) is 15.5. The van der Waals surface area contributed by atoms with Crippen molar-refractivity contribution in [1.29, 1.82) is 0 Å². The average molecular weight is 265 g/mol. The molecule has 1 aromatic heterocycles. The first kappa shape index (κ1) is 14.4. The van der Waals surface area contributed by atoms with Crippen LogP contribution in [0, 0.1) is 11.8 Å². The van der Waals surface area contributed by atoms with Crippen molar-refractivity contribution in [2.45, 2.75) is 53.1 Å². The third-order valence-electron chi connectivity index (χ3n) is 3.19. The summed E-state index contributed by atoms with van der Waals surface area (Å²) in [6.45, 7) is 11.7. The third kappa shape index (κ3) is 4.53. The number of nitrogens with one attached hydrogen (secondary N) is 1. The van der Waals surface area contributed by atoms with Crippen LogP contribution in [-0.2, 0) is 6.54 Å². The van der Waals surface area contributed by atoms with E-state index in [1.54, 1.807) is 6.26 Å². The van der Waals surface area contributed by atoms with E-state index in [9.17, 15) is 0 Å². The Morgan fingerprint density at radius 3 is 2.63 bits per heavy atom. The molecule has 1 aliphatic carbocycles. The summed E-state index contributed by atoms with van der Waals surface area (Å²) < 4.78 is 5.66. The molecule has 0 spiro atoms. The monoisotopic (exact) mass is 265 g/mol. The second-order valence-corrected chi connectivity index (χ2v) is 6.42. The number of oxazole rings is 1. The summed E-state index contributed by atoms with van der Waals surface area (Å²) in [7, 11) is 0. The maximum Gasteiger partial charge on any atom is 0.297 e. The van der Waals surface area contributed by atoms with E-state index >= 15 is 0 Å². The summed E-state index contributed by atoms with van der Waals surface area (Å²) in [6, 6.07) is 1.45. The lowest BCUT2D eigenvalue weighted by molar-refractivity contribution is 0.503. The molecule has 0 aliphatic heterocycles. The third-order valence-corrected chi connectivity index (χ3v) is 3.19. The molecule has 1 heterocycles. The molecule has 0 saturated heterocycles. The summed E-state index contributed by atoms with van der Waals surface area (Å²) in [6.07, 6.45) is 4.34. The smallest absolute Gasteiger partial charge is 0.297 e. The van der Waals surface area contributed by atoms with Crippen LogP contribution in [0.2, 0.25) is 0 Å². The van der Waals surface area contributed by atoms with Gasteiger partial charge in [-0.1, -0.05) is 27.7 Å². The first-order chi connectivity index (χ1) is 9.06. The Bertz CT molecular complexity index is 382. The van der Waals surface area contributed by atoms with Gasteiger partial charge >= 0.3 is 0 Å². The Balaban J connectivity index is 1.90. The minimum atomic E-state index is 0.634. The standard InChI is InChI=1S/C15H27N3O/c1-11(2)7-16-8-13-10-19-15(17-13)18(9-12(3)4)14-5-6-14/h10-12,14,16H,5-9H2,1-4H3. The van der Waals surface area contributed by atoms with Gasteiger partial charge in [-0.15, -0.1) is 0 Å². The van der Waals surface area contributed by atoms with E-state index in [1.165, 1.54) is 12.8 Å². The highest BCUT2D eigenvalue weighted by molar-refractivity contribution is 5.31. The molecule has 1 fully saturated rings. The van der Waals surface area contributed by atoms with E-state index in [4.69, 9.17) is 4.42 Å². The van der Waals surface area contributed by atoms with Gasteiger partial charge in [0, 0.05) is 19.1 Å². The number of rotatable bonds is 8. The van der Waals surface area contributed by atoms with Crippen molar-refractivity contribution in [3.8, 4) is 0 Å². The molecule has 1 saturated carbocycles. The molecule has 1 aliphatic rings. The second kappa shape index (κ2) is 6.42. The van der Waals surface area contributed by atoms with Crippen LogP contribution in [0.1, 0.15) is 46.2 Å². The van der Waals surface area contributed by atoms with Gasteiger partial charge in [0.25, 0.3) is 6.01 Å². The van der Waals surface area contributed by atoms with Gasteiger partial charge in [0.05, 0.1) is 5.69 Å². The summed E-state index contributed by atoms with van der Waals surface area (Å²) in [5.74, 6) is 1.30. The molecule has 1 aromatic rings. The number of nitrogens with zero attached hydrogens (tertiary/aromatic N) is 2. The predicted octanol–water partition coefficient (Wildman–Crippen LogP) is 3.05. The summed E-state index contributed by atoms with van der Waals surface area (Å²) >= 11 is 0. The van der Waals surface area contributed by atoms with Gasteiger partial charge in [0.15, 0.2) is 0 Å². The zero-order valence-corrected chi connectivity index (χ0v) is 12.6. The summed E-state index contributed by atoms with van der Waals surface area (Å²) in [5.41, 5.74) is 1.00. The van der Waals surface area contributed by atoms with Crippen LogP contribution in [0.3, 0.4) is 0 Å². The number of aromatic nitrogens is 1. The maximum absolute atomic E-state index is 5.66. The summed E-state index contributed by atoms with van der Waals surface area (Å²) in [4.78, 5) is 6.95. The highest BCUT2D eigenvalue weighted by Crippen LogP contribution is 2.31. The Kier molecular flexibility index (Phi) is 4.86. The minimum Gasteiger partial charge on any atom is -0.432 e. The molecule has 19 heavy (non-hydrogen) atoms. The number of hydrogen-bond acceptors (Lipinski definition) is 4. The summed E-state index contributed by atoms with van der Waals surface area (Å²) in [5, 5.41) is 3.40. The van der Waals surface area contributed by atoms with E-state index in [0.717, 1.165) is 31.3 Å². The van der Waals surface area contributed by atoms with Crippen LogP contribution in [-0.4, -0.2) is 24.1 Å². The van der Waals surface area contributed by atoms with E-state index in [-0.39, 0.29) is 0 Å². The van der Waals surface area contributed by atoms with Gasteiger partial charge in [0.1, 0.15) is 6.26 Å². The van der Waals surface area contributed by atoms with Gasteiger partial charge in [-0.2, -0.15) is 4.98 Å². The second-order valence-electron chi connectivity index (χ2n) is 6.42. The van der Waals surface area contributed by atoms with Crippen molar-refractivity contribution in [3.63, 3.8) is 0 Å². The van der Waals surface area contributed by atoms with Crippen molar-refractivity contribution in [3.05, 3.63) is 12.0 Å². The largest absolute Gasteiger partial charge is 0.432 e. The van der Waals surface area contributed by atoms with E-state index in [1.807, 2.05) is 0 Å². The maximum atomic E-state index is 5.66. The Hall–Kier alpha value is -1.03. The molecule has 108 valence electrons. The zero-order chi connectivity index (χ0) is 13.8. The Morgan fingerprint density at radius 1 is 1.32 bits per heavy atom. The molecule has 0 bridgehead atoms. The average Bonchev–Trinajstić information content (AvgIpc) is 3.05.